The Bertz CT molecular complexity index is 561. The Hall–Kier alpha value is -0.910. The van der Waals surface area contributed by atoms with Crippen LogP contribution in [-0.4, -0.2) is 32.7 Å². The van der Waals surface area contributed by atoms with Crippen LogP contribution in [0, 0.1) is 5.92 Å². The fourth-order valence-corrected chi connectivity index (χ4v) is 5.04. The average molecular weight is 296 g/mol. The first kappa shape index (κ1) is 14.0. The molecule has 1 spiro atoms. The number of ether oxygens (including phenoxy) is 2. The lowest BCUT2D eigenvalue weighted by Gasteiger charge is -2.40. The second-order valence-corrected chi connectivity index (χ2v) is 7.90. The van der Waals surface area contributed by atoms with E-state index in [9.17, 15) is 8.42 Å². The van der Waals surface area contributed by atoms with Crippen molar-refractivity contribution < 1.29 is 17.9 Å². The maximum Gasteiger partial charge on any atom is 0.181 e. The van der Waals surface area contributed by atoms with E-state index in [1.807, 2.05) is 6.07 Å². The van der Waals surface area contributed by atoms with Gasteiger partial charge in [-0.15, -0.1) is 0 Å². The van der Waals surface area contributed by atoms with Crippen LogP contribution in [0.3, 0.4) is 0 Å². The van der Waals surface area contributed by atoms with Crippen LogP contribution < -0.4 is 0 Å². The number of hydrogen-bond donors (Lipinski definition) is 0. The molecule has 0 unspecified atom stereocenters. The summed E-state index contributed by atoms with van der Waals surface area (Å²) in [5, 5.41) is -0.417. The van der Waals surface area contributed by atoms with Gasteiger partial charge in [0.15, 0.2) is 15.6 Å². The summed E-state index contributed by atoms with van der Waals surface area (Å²) in [5.74, 6) is -0.447. The topological polar surface area (TPSA) is 52.6 Å². The highest BCUT2D eigenvalue weighted by molar-refractivity contribution is 7.92. The Labute approximate surface area is 120 Å². The summed E-state index contributed by atoms with van der Waals surface area (Å²) in [7, 11) is -3.31. The van der Waals surface area contributed by atoms with Gasteiger partial charge in [-0.05, 0) is 25.0 Å². The lowest BCUT2D eigenvalue weighted by atomic mass is 9.84. The first-order chi connectivity index (χ1) is 9.55. The molecule has 1 aromatic carbocycles. The molecule has 1 saturated carbocycles. The van der Waals surface area contributed by atoms with Gasteiger partial charge in [0.1, 0.15) is 0 Å². The molecule has 1 aromatic rings. The van der Waals surface area contributed by atoms with Gasteiger partial charge in [0, 0.05) is 12.3 Å². The van der Waals surface area contributed by atoms with Crippen molar-refractivity contribution in [2.24, 2.45) is 5.92 Å². The van der Waals surface area contributed by atoms with E-state index in [1.54, 1.807) is 24.3 Å². The Balaban J connectivity index is 1.88. The zero-order valence-electron chi connectivity index (χ0n) is 11.6. The van der Waals surface area contributed by atoms with E-state index in [2.05, 4.69) is 6.92 Å². The van der Waals surface area contributed by atoms with E-state index in [4.69, 9.17) is 9.47 Å². The molecule has 1 aliphatic carbocycles. The predicted molar refractivity (Wildman–Crippen MR) is 75.1 cm³/mol. The van der Waals surface area contributed by atoms with Crippen LogP contribution in [0.1, 0.15) is 26.2 Å². The molecule has 0 bridgehead atoms. The lowest BCUT2D eigenvalue weighted by Crippen LogP contribution is -2.47. The molecule has 1 aliphatic heterocycles. The minimum atomic E-state index is -3.31. The van der Waals surface area contributed by atoms with Crippen molar-refractivity contribution in [3.8, 4) is 0 Å². The standard InChI is InChI=1S/C15H20O4S/c1-12-7-8-14(11-15(12)18-9-10-19-15)20(16,17)13-5-3-2-4-6-13/h2-6,12,14H,7-11H2,1H3/t12-,14-/m1/s1. The number of benzene rings is 1. The number of sulfone groups is 1. The number of rotatable bonds is 2. The zero-order chi connectivity index (χ0) is 14.2. The molecular weight excluding hydrogens is 276 g/mol. The van der Waals surface area contributed by atoms with Crippen LogP contribution in [0.4, 0.5) is 0 Å². The van der Waals surface area contributed by atoms with Gasteiger partial charge in [0.05, 0.1) is 23.4 Å². The van der Waals surface area contributed by atoms with Crippen molar-refractivity contribution in [2.75, 3.05) is 13.2 Å². The molecule has 2 fully saturated rings. The summed E-state index contributed by atoms with van der Waals surface area (Å²) in [6.07, 6.45) is 1.93. The summed E-state index contributed by atoms with van der Waals surface area (Å²) in [6.45, 7) is 3.20. The van der Waals surface area contributed by atoms with Gasteiger partial charge in [-0.1, -0.05) is 25.1 Å². The minimum Gasteiger partial charge on any atom is -0.347 e. The normalized spacial score (nSPS) is 29.6. The van der Waals surface area contributed by atoms with Crippen molar-refractivity contribution in [1.82, 2.24) is 0 Å². The second-order valence-electron chi connectivity index (χ2n) is 5.67. The molecule has 20 heavy (non-hydrogen) atoms. The van der Waals surface area contributed by atoms with Gasteiger partial charge in [-0.25, -0.2) is 8.42 Å². The Morgan fingerprint density at radius 3 is 2.40 bits per heavy atom. The summed E-state index contributed by atoms with van der Waals surface area (Å²) >= 11 is 0. The molecule has 4 nitrogen and oxygen atoms in total. The maximum absolute atomic E-state index is 12.7. The average Bonchev–Trinajstić information content (AvgIpc) is 2.92. The quantitative estimate of drug-likeness (QED) is 0.841. The molecule has 1 saturated heterocycles. The molecule has 1 heterocycles. The van der Waals surface area contributed by atoms with Crippen molar-refractivity contribution in [3.05, 3.63) is 30.3 Å². The summed E-state index contributed by atoms with van der Waals surface area (Å²) in [5.41, 5.74) is 0. The van der Waals surface area contributed by atoms with Crippen molar-refractivity contribution >= 4 is 9.84 Å². The molecule has 0 aromatic heterocycles. The smallest absolute Gasteiger partial charge is 0.181 e. The van der Waals surface area contributed by atoms with E-state index in [1.165, 1.54) is 0 Å². The highest BCUT2D eigenvalue weighted by Crippen LogP contribution is 2.43. The Morgan fingerprint density at radius 1 is 1.10 bits per heavy atom. The highest BCUT2D eigenvalue weighted by atomic mass is 32.2. The highest BCUT2D eigenvalue weighted by Gasteiger charge is 2.49. The van der Waals surface area contributed by atoms with Crippen LogP contribution in [0.25, 0.3) is 0 Å². The van der Waals surface area contributed by atoms with Gasteiger partial charge in [-0.2, -0.15) is 0 Å². The molecule has 2 atom stereocenters. The van der Waals surface area contributed by atoms with Crippen LogP contribution in [0.15, 0.2) is 35.2 Å². The largest absolute Gasteiger partial charge is 0.347 e. The Morgan fingerprint density at radius 2 is 1.75 bits per heavy atom. The van der Waals surface area contributed by atoms with Crippen molar-refractivity contribution in [3.63, 3.8) is 0 Å². The van der Waals surface area contributed by atoms with Crippen molar-refractivity contribution in [1.29, 1.82) is 0 Å². The second kappa shape index (κ2) is 5.13. The van der Waals surface area contributed by atoms with Gasteiger partial charge < -0.3 is 9.47 Å². The van der Waals surface area contributed by atoms with Gasteiger partial charge in [0.2, 0.25) is 0 Å². The fraction of sp³-hybridized carbons (Fsp3) is 0.600. The van der Waals surface area contributed by atoms with Crippen LogP contribution in [-0.2, 0) is 19.3 Å². The van der Waals surface area contributed by atoms with E-state index in [0.717, 1.165) is 6.42 Å². The molecule has 110 valence electrons. The molecule has 0 radical (unpaired) electrons. The molecular formula is C15H20O4S. The molecule has 0 N–H and O–H groups in total. The van der Waals surface area contributed by atoms with Crippen molar-refractivity contribution in [2.45, 2.75) is 42.1 Å². The maximum atomic E-state index is 12.7. The van der Waals surface area contributed by atoms with Gasteiger partial charge >= 0.3 is 0 Å². The predicted octanol–water partition coefficient (Wildman–Crippen LogP) is 2.39. The zero-order valence-corrected chi connectivity index (χ0v) is 12.4. The summed E-state index contributed by atoms with van der Waals surface area (Å²) in [4.78, 5) is 0.396. The fourth-order valence-electron chi connectivity index (χ4n) is 3.22. The van der Waals surface area contributed by atoms with E-state index in [0.29, 0.717) is 31.0 Å². The van der Waals surface area contributed by atoms with Gasteiger partial charge in [-0.3, -0.25) is 0 Å². The summed E-state index contributed by atoms with van der Waals surface area (Å²) < 4.78 is 37.0. The lowest BCUT2D eigenvalue weighted by molar-refractivity contribution is -0.206. The third-order valence-electron chi connectivity index (χ3n) is 4.47. The molecule has 0 amide bonds. The Kier molecular flexibility index (Phi) is 3.60. The first-order valence-corrected chi connectivity index (χ1v) is 8.66. The minimum absolute atomic E-state index is 0.243. The first-order valence-electron chi connectivity index (χ1n) is 7.11. The van der Waals surface area contributed by atoms with E-state index < -0.39 is 20.9 Å². The summed E-state index contributed by atoms with van der Waals surface area (Å²) in [6, 6.07) is 8.67. The van der Waals surface area contributed by atoms with Crippen LogP contribution in [0.5, 0.6) is 0 Å². The molecule has 2 aliphatic rings. The molecule has 3 rings (SSSR count). The number of hydrogen-bond acceptors (Lipinski definition) is 4. The third-order valence-corrected chi connectivity index (χ3v) is 6.68. The third kappa shape index (κ3) is 2.28. The van der Waals surface area contributed by atoms with Crippen LogP contribution >= 0.6 is 0 Å². The van der Waals surface area contributed by atoms with Crippen LogP contribution in [0.2, 0.25) is 0 Å². The SMILES string of the molecule is C[C@@H]1CC[C@@H](S(=O)(=O)c2ccccc2)CC12OCCO2. The van der Waals surface area contributed by atoms with E-state index >= 15 is 0 Å². The van der Waals surface area contributed by atoms with Gasteiger partial charge in [0.25, 0.3) is 0 Å². The molecule has 5 heteroatoms. The van der Waals surface area contributed by atoms with E-state index in [-0.39, 0.29) is 5.92 Å². The monoisotopic (exact) mass is 296 g/mol.